The van der Waals surface area contributed by atoms with Crippen molar-refractivity contribution in [1.29, 1.82) is 0 Å². The Labute approximate surface area is 167 Å². The molecule has 0 aliphatic heterocycles. The predicted octanol–water partition coefficient (Wildman–Crippen LogP) is 3.70. The normalized spacial score (nSPS) is 10.7. The molecule has 2 aromatic heterocycles. The van der Waals surface area contributed by atoms with Crippen molar-refractivity contribution in [1.82, 2.24) is 19.9 Å². The zero-order chi connectivity index (χ0) is 20.2. The van der Waals surface area contributed by atoms with Gasteiger partial charge in [-0.2, -0.15) is 5.10 Å². The first kappa shape index (κ1) is 18.4. The fourth-order valence-corrected chi connectivity index (χ4v) is 2.90. The van der Waals surface area contributed by atoms with E-state index >= 15 is 0 Å². The Morgan fingerprint density at radius 3 is 2.79 bits per heavy atom. The maximum Gasteiger partial charge on any atom is 0.255 e. The second kappa shape index (κ2) is 7.97. The van der Waals surface area contributed by atoms with E-state index in [0.29, 0.717) is 23.6 Å². The molecule has 0 aliphatic rings. The van der Waals surface area contributed by atoms with Gasteiger partial charge >= 0.3 is 0 Å². The summed E-state index contributed by atoms with van der Waals surface area (Å²) >= 11 is 0. The SMILES string of the molecule is Cc1noc(C)c1COc1cccc(C(=O)Nc2ccccc2-n2cncn2)c1. The van der Waals surface area contributed by atoms with Crippen LogP contribution in [0, 0.1) is 13.8 Å². The zero-order valence-electron chi connectivity index (χ0n) is 16.0. The lowest BCUT2D eigenvalue weighted by Gasteiger charge is -2.11. The zero-order valence-corrected chi connectivity index (χ0v) is 16.0. The molecule has 8 nitrogen and oxygen atoms in total. The number of hydrogen-bond donors (Lipinski definition) is 1. The van der Waals surface area contributed by atoms with Crippen LogP contribution in [0.5, 0.6) is 5.75 Å². The summed E-state index contributed by atoms with van der Waals surface area (Å²) in [6.45, 7) is 4.03. The molecule has 1 amide bonds. The van der Waals surface area contributed by atoms with Crippen LogP contribution in [-0.2, 0) is 6.61 Å². The summed E-state index contributed by atoms with van der Waals surface area (Å²) in [6, 6.07) is 14.4. The number of para-hydroxylation sites is 2. The van der Waals surface area contributed by atoms with Crippen LogP contribution in [0.4, 0.5) is 5.69 Å². The van der Waals surface area contributed by atoms with Crippen molar-refractivity contribution in [2.45, 2.75) is 20.5 Å². The molecule has 4 rings (SSSR count). The molecule has 0 spiro atoms. The third-order valence-electron chi connectivity index (χ3n) is 4.48. The highest BCUT2D eigenvalue weighted by Crippen LogP contribution is 2.22. The highest BCUT2D eigenvalue weighted by Gasteiger charge is 2.13. The number of amides is 1. The Hall–Kier alpha value is -3.94. The fraction of sp³-hybridized carbons (Fsp3) is 0.143. The summed E-state index contributed by atoms with van der Waals surface area (Å²) in [5, 5.41) is 11.0. The van der Waals surface area contributed by atoms with Crippen LogP contribution in [0.1, 0.15) is 27.4 Å². The van der Waals surface area contributed by atoms with Crippen molar-refractivity contribution in [3.63, 3.8) is 0 Å². The molecule has 0 fully saturated rings. The van der Waals surface area contributed by atoms with Crippen LogP contribution < -0.4 is 10.1 Å². The van der Waals surface area contributed by atoms with E-state index in [2.05, 4.69) is 20.6 Å². The first-order valence-corrected chi connectivity index (χ1v) is 9.02. The van der Waals surface area contributed by atoms with E-state index in [0.717, 1.165) is 22.7 Å². The average molecular weight is 389 g/mol. The molecule has 1 N–H and O–H groups in total. The number of hydrogen-bond acceptors (Lipinski definition) is 6. The van der Waals surface area contributed by atoms with Gasteiger partial charge in [0.25, 0.3) is 5.91 Å². The third kappa shape index (κ3) is 4.01. The van der Waals surface area contributed by atoms with E-state index in [1.54, 1.807) is 35.3 Å². The number of nitrogens with zero attached hydrogens (tertiary/aromatic N) is 4. The van der Waals surface area contributed by atoms with E-state index in [1.807, 2.05) is 38.1 Å². The predicted molar refractivity (Wildman–Crippen MR) is 106 cm³/mol. The Morgan fingerprint density at radius 2 is 2.03 bits per heavy atom. The highest BCUT2D eigenvalue weighted by atomic mass is 16.5. The quantitative estimate of drug-likeness (QED) is 0.540. The van der Waals surface area contributed by atoms with Gasteiger partial charge in [0.05, 0.1) is 22.6 Å². The number of aromatic nitrogens is 4. The van der Waals surface area contributed by atoms with Crippen molar-refractivity contribution in [2.24, 2.45) is 0 Å². The standard InChI is InChI=1S/C21H19N5O3/c1-14-18(15(2)29-25-14)11-28-17-7-5-6-16(10-17)21(27)24-19-8-3-4-9-20(19)26-13-22-12-23-26/h3-10,12-13H,11H2,1-2H3,(H,24,27). The molecule has 0 saturated heterocycles. The Bertz CT molecular complexity index is 1120. The molecule has 0 aliphatic carbocycles. The molecule has 2 heterocycles. The molecule has 0 bridgehead atoms. The molecule has 4 aromatic rings. The number of benzene rings is 2. The fourth-order valence-electron chi connectivity index (χ4n) is 2.90. The van der Waals surface area contributed by atoms with Gasteiger partial charge in [0.2, 0.25) is 0 Å². The minimum Gasteiger partial charge on any atom is -0.489 e. The summed E-state index contributed by atoms with van der Waals surface area (Å²) in [4.78, 5) is 16.7. The largest absolute Gasteiger partial charge is 0.489 e. The van der Waals surface area contributed by atoms with Gasteiger partial charge in [0.15, 0.2) is 0 Å². The van der Waals surface area contributed by atoms with Crippen LogP contribution in [0.3, 0.4) is 0 Å². The minimum atomic E-state index is -0.250. The lowest BCUT2D eigenvalue weighted by molar-refractivity contribution is 0.102. The Kier molecular flexibility index (Phi) is 5.07. The molecule has 0 saturated carbocycles. The summed E-state index contributed by atoms with van der Waals surface area (Å²) < 4.78 is 12.6. The second-order valence-corrected chi connectivity index (χ2v) is 6.43. The van der Waals surface area contributed by atoms with E-state index in [9.17, 15) is 4.79 Å². The molecule has 146 valence electrons. The van der Waals surface area contributed by atoms with Crippen molar-refractivity contribution in [3.8, 4) is 11.4 Å². The number of carbonyl (C=O) groups excluding carboxylic acids is 1. The summed E-state index contributed by atoms with van der Waals surface area (Å²) in [7, 11) is 0. The third-order valence-corrected chi connectivity index (χ3v) is 4.48. The van der Waals surface area contributed by atoms with Crippen LogP contribution in [0.2, 0.25) is 0 Å². The lowest BCUT2D eigenvalue weighted by atomic mass is 10.2. The highest BCUT2D eigenvalue weighted by molar-refractivity contribution is 6.05. The molecule has 2 aromatic carbocycles. The number of aryl methyl sites for hydroxylation is 2. The second-order valence-electron chi connectivity index (χ2n) is 6.43. The van der Waals surface area contributed by atoms with Gasteiger partial charge < -0.3 is 14.6 Å². The average Bonchev–Trinajstić information content (AvgIpc) is 3.38. The molecular formula is C21H19N5O3. The van der Waals surface area contributed by atoms with Crippen molar-refractivity contribution < 1.29 is 14.1 Å². The lowest BCUT2D eigenvalue weighted by Crippen LogP contribution is -2.14. The topological polar surface area (TPSA) is 95.1 Å². The monoisotopic (exact) mass is 389 g/mol. The first-order valence-electron chi connectivity index (χ1n) is 9.02. The molecule has 8 heteroatoms. The maximum absolute atomic E-state index is 12.8. The Balaban J connectivity index is 1.50. The van der Waals surface area contributed by atoms with Gasteiger partial charge in [-0.15, -0.1) is 0 Å². The molecule has 0 radical (unpaired) electrons. The van der Waals surface area contributed by atoms with Crippen molar-refractivity contribution in [3.05, 3.63) is 83.8 Å². The summed E-state index contributed by atoms with van der Waals surface area (Å²) in [5.41, 5.74) is 3.53. The maximum atomic E-state index is 12.8. The number of ether oxygens (including phenoxy) is 1. The van der Waals surface area contributed by atoms with Gasteiger partial charge in [-0.1, -0.05) is 23.4 Å². The van der Waals surface area contributed by atoms with Crippen molar-refractivity contribution in [2.75, 3.05) is 5.32 Å². The summed E-state index contributed by atoms with van der Waals surface area (Å²) in [6.07, 6.45) is 3.02. The molecule has 0 unspecified atom stereocenters. The van der Waals surface area contributed by atoms with E-state index in [-0.39, 0.29) is 5.91 Å². The smallest absolute Gasteiger partial charge is 0.255 e. The van der Waals surface area contributed by atoms with Crippen LogP contribution in [0.15, 0.2) is 65.7 Å². The van der Waals surface area contributed by atoms with Gasteiger partial charge in [-0.05, 0) is 44.2 Å². The molecular weight excluding hydrogens is 370 g/mol. The van der Waals surface area contributed by atoms with Gasteiger partial charge in [-0.3, -0.25) is 4.79 Å². The minimum absolute atomic E-state index is 0.250. The van der Waals surface area contributed by atoms with Gasteiger partial charge in [0, 0.05) is 5.56 Å². The van der Waals surface area contributed by atoms with Crippen LogP contribution >= 0.6 is 0 Å². The molecule has 29 heavy (non-hydrogen) atoms. The van der Waals surface area contributed by atoms with E-state index in [1.165, 1.54) is 6.33 Å². The number of carbonyl (C=O) groups is 1. The van der Waals surface area contributed by atoms with Crippen LogP contribution in [0.25, 0.3) is 5.69 Å². The Morgan fingerprint density at radius 1 is 1.17 bits per heavy atom. The van der Waals surface area contributed by atoms with Gasteiger partial charge in [-0.25, -0.2) is 9.67 Å². The first-order chi connectivity index (χ1) is 14.1. The van der Waals surface area contributed by atoms with Crippen molar-refractivity contribution >= 4 is 11.6 Å². The molecule has 0 atom stereocenters. The van der Waals surface area contributed by atoms with Gasteiger partial charge in [0.1, 0.15) is 30.8 Å². The number of nitrogens with one attached hydrogen (secondary N) is 1. The summed E-state index contributed by atoms with van der Waals surface area (Å²) in [5.74, 6) is 1.06. The van der Waals surface area contributed by atoms with E-state index < -0.39 is 0 Å². The van der Waals surface area contributed by atoms with E-state index in [4.69, 9.17) is 9.26 Å². The number of rotatable bonds is 6. The van der Waals surface area contributed by atoms with Crippen LogP contribution in [-0.4, -0.2) is 25.8 Å². The number of anilines is 1.